The van der Waals surface area contributed by atoms with E-state index in [-0.39, 0.29) is 0 Å². The Bertz CT molecular complexity index is 152. The van der Waals surface area contributed by atoms with E-state index in [4.69, 9.17) is 14.2 Å². The first kappa shape index (κ1) is 23.7. The molecule has 4 heteroatoms. The van der Waals surface area contributed by atoms with Crippen molar-refractivity contribution >= 4 is 0 Å². The molecule has 0 amide bonds. The molecular formula is C15H35NO3. The number of hydrogen-bond donors (Lipinski definition) is 1. The molecule has 0 aromatic rings. The van der Waals surface area contributed by atoms with Gasteiger partial charge in [0.25, 0.3) is 0 Å². The maximum Gasteiger partial charge on any atom is 0.0704 e. The van der Waals surface area contributed by atoms with Crippen LogP contribution in [0.1, 0.15) is 34.6 Å². The van der Waals surface area contributed by atoms with Crippen LogP contribution in [-0.2, 0) is 14.2 Å². The quantitative estimate of drug-likeness (QED) is 0.466. The smallest absolute Gasteiger partial charge is 0.0704 e. The average Bonchev–Trinajstić information content (AvgIpc) is 2.45. The highest BCUT2D eigenvalue weighted by Gasteiger charge is 1.91. The molecule has 0 aromatic heterocycles. The lowest BCUT2D eigenvalue weighted by Gasteiger charge is -2.06. The van der Waals surface area contributed by atoms with E-state index in [9.17, 15) is 0 Å². The van der Waals surface area contributed by atoms with Gasteiger partial charge >= 0.3 is 0 Å². The van der Waals surface area contributed by atoms with E-state index >= 15 is 0 Å². The summed E-state index contributed by atoms with van der Waals surface area (Å²) in [5, 5.41) is 3.00. The lowest BCUT2D eigenvalue weighted by molar-refractivity contribution is 0.0194. The Morgan fingerprint density at radius 2 is 1.26 bits per heavy atom. The van der Waals surface area contributed by atoms with E-state index in [1.807, 2.05) is 41.7 Å². The summed E-state index contributed by atoms with van der Waals surface area (Å²) in [6.07, 6.45) is 0. The maximum absolute atomic E-state index is 5.30. The number of nitrogens with one attached hydrogen (secondary N) is 1. The van der Waals surface area contributed by atoms with Gasteiger partial charge in [-0.1, -0.05) is 39.8 Å². The molecule has 0 spiro atoms. The van der Waals surface area contributed by atoms with E-state index in [2.05, 4.69) is 11.9 Å². The monoisotopic (exact) mass is 277 g/mol. The van der Waals surface area contributed by atoms with Gasteiger partial charge in [-0.05, 0) is 14.0 Å². The first-order chi connectivity index (χ1) is 9.27. The summed E-state index contributed by atoms with van der Waals surface area (Å²) in [6, 6.07) is 0. The molecule has 0 aliphatic heterocycles. The average molecular weight is 277 g/mol. The molecule has 1 N–H and O–H groups in total. The Kier molecular flexibility index (Phi) is 32.6. The molecule has 0 bridgehead atoms. The van der Waals surface area contributed by atoms with E-state index < -0.39 is 0 Å². The molecule has 0 atom stereocenters. The van der Waals surface area contributed by atoms with Crippen molar-refractivity contribution in [1.82, 2.24) is 5.32 Å². The van der Waals surface area contributed by atoms with Crippen molar-refractivity contribution < 1.29 is 14.2 Å². The van der Waals surface area contributed by atoms with Crippen molar-refractivity contribution in [1.29, 1.82) is 0 Å². The molecule has 0 saturated carbocycles. The van der Waals surface area contributed by atoms with Crippen molar-refractivity contribution in [2.75, 3.05) is 53.2 Å². The number of ether oxygens (including phenoxy) is 3. The Morgan fingerprint density at radius 3 is 1.68 bits per heavy atom. The van der Waals surface area contributed by atoms with Crippen LogP contribution in [0.3, 0.4) is 0 Å². The van der Waals surface area contributed by atoms with Crippen molar-refractivity contribution in [3.63, 3.8) is 0 Å². The van der Waals surface area contributed by atoms with E-state index in [0.717, 1.165) is 18.7 Å². The zero-order valence-electron chi connectivity index (χ0n) is 13.9. The van der Waals surface area contributed by atoms with Crippen molar-refractivity contribution in [2.24, 2.45) is 0 Å². The minimum atomic E-state index is 0.613. The zero-order chi connectivity index (χ0) is 15.4. The van der Waals surface area contributed by atoms with Gasteiger partial charge in [0.1, 0.15) is 0 Å². The minimum Gasteiger partial charge on any atom is -0.378 e. The van der Waals surface area contributed by atoms with E-state index in [1.54, 1.807) is 0 Å². The van der Waals surface area contributed by atoms with Gasteiger partial charge in [-0.15, -0.1) is 0 Å². The Morgan fingerprint density at radius 1 is 0.842 bits per heavy atom. The highest BCUT2D eigenvalue weighted by atomic mass is 16.5. The van der Waals surface area contributed by atoms with Gasteiger partial charge in [0.15, 0.2) is 0 Å². The number of hydrogen-bond acceptors (Lipinski definition) is 4. The van der Waals surface area contributed by atoms with Gasteiger partial charge in [-0.25, -0.2) is 0 Å². The molecule has 0 aliphatic rings. The van der Waals surface area contributed by atoms with Crippen molar-refractivity contribution in [2.45, 2.75) is 34.6 Å². The van der Waals surface area contributed by atoms with Gasteiger partial charge in [-0.2, -0.15) is 0 Å². The largest absolute Gasteiger partial charge is 0.378 e. The molecule has 0 heterocycles. The normalized spacial score (nSPS) is 8.95. The lowest BCUT2D eigenvalue weighted by Crippen LogP contribution is -2.16. The summed E-state index contributed by atoms with van der Waals surface area (Å²) in [5.74, 6) is 0. The topological polar surface area (TPSA) is 39.7 Å². The highest BCUT2D eigenvalue weighted by Crippen LogP contribution is 1.88. The summed E-state index contributed by atoms with van der Waals surface area (Å²) in [4.78, 5) is 0. The van der Waals surface area contributed by atoms with Crippen molar-refractivity contribution in [3.05, 3.63) is 12.2 Å². The van der Waals surface area contributed by atoms with Gasteiger partial charge in [0.2, 0.25) is 0 Å². The van der Waals surface area contributed by atoms with Crippen molar-refractivity contribution in [3.8, 4) is 0 Å². The third-order valence-corrected chi connectivity index (χ3v) is 1.59. The maximum atomic E-state index is 5.30. The van der Waals surface area contributed by atoms with E-state index in [0.29, 0.717) is 33.0 Å². The molecule has 0 fully saturated rings. The first-order valence-corrected chi connectivity index (χ1v) is 7.29. The molecule has 0 aliphatic carbocycles. The second kappa shape index (κ2) is 26.2. The SMILES string of the molecule is C=C(C)COCCOCCOCCNC.CC.CC. The van der Waals surface area contributed by atoms with Gasteiger partial charge in [0, 0.05) is 6.54 Å². The molecular weight excluding hydrogens is 242 g/mol. The summed E-state index contributed by atoms with van der Waals surface area (Å²) in [6.45, 7) is 18.4. The molecule has 0 aromatic carbocycles. The van der Waals surface area contributed by atoms with Crippen LogP contribution in [-0.4, -0.2) is 53.2 Å². The van der Waals surface area contributed by atoms with Crippen LogP contribution in [0.2, 0.25) is 0 Å². The van der Waals surface area contributed by atoms with Crippen LogP contribution in [0, 0.1) is 0 Å². The van der Waals surface area contributed by atoms with Crippen LogP contribution in [0.4, 0.5) is 0 Å². The van der Waals surface area contributed by atoms with Crippen LogP contribution >= 0.6 is 0 Å². The predicted octanol–water partition coefficient (Wildman–Crippen LogP) is 2.88. The van der Waals surface area contributed by atoms with E-state index in [1.165, 1.54) is 0 Å². The molecule has 0 unspecified atom stereocenters. The zero-order valence-corrected chi connectivity index (χ0v) is 13.9. The Labute approximate surface area is 120 Å². The van der Waals surface area contributed by atoms with Gasteiger partial charge in [-0.3, -0.25) is 0 Å². The molecule has 19 heavy (non-hydrogen) atoms. The van der Waals surface area contributed by atoms with Crippen LogP contribution in [0.5, 0.6) is 0 Å². The van der Waals surface area contributed by atoms with Crippen LogP contribution in [0.25, 0.3) is 0 Å². The Hall–Kier alpha value is -0.420. The second-order valence-corrected chi connectivity index (χ2v) is 3.34. The fourth-order valence-electron chi connectivity index (χ4n) is 0.860. The molecule has 118 valence electrons. The second-order valence-electron chi connectivity index (χ2n) is 3.34. The van der Waals surface area contributed by atoms with Crippen LogP contribution < -0.4 is 5.32 Å². The van der Waals surface area contributed by atoms with Crippen LogP contribution in [0.15, 0.2) is 12.2 Å². The predicted molar refractivity (Wildman–Crippen MR) is 83.9 cm³/mol. The summed E-state index contributed by atoms with van der Waals surface area (Å²) in [5.41, 5.74) is 1.03. The highest BCUT2D eigenvalue weighted by molar-refractivity contribution is 4.87. The summed E-state index contributed by atoms with van der Waals surface area (Å²) in [7, 11) is 1.90. The Balaban J connectivity index is -0.000000579. The fourth-order valence-corrected chi connectivity index (χ4v) is 0.860. The lowest BCUT2D eigenvalue weighted by atomic mass is 10.4. The third-order valence-electron chi connectivity index (χ3n) is 1.59. The van der Waals surface area contributed by atoms with Gasteiger partial charge < -0.3 is 19.5 Å². The third kappa shape index (κ3) is 31.8. The number of rotatable bonds is 11. The van der Waals surface area contributed by atoms with Gasteiger partial charge in [0.05, 0.1) is 39.6 Å². The summed E-state index contributed by atoms with van der Waals surface area (Å²) < 4.78 is 15.8. The summed E-state index contributed by atoms with van der Waals surface area (Å²) >= 11 is 0. The number of likely N-dealkylation sites (N-methyl/N-ethyl adjacent to an activating group) is 1. The fraction of sp³-hybridized carbons (Fsp3) is 0.867. The molecule has 0 saturated heterocycles. The molecule has 0 radical (unpaired) electrons. The minimum absolute atomic E-state index is 0.613. The molecule has 4 nitrogen and oxygen atoms in total. The first-order valence-electron chi connectivity index (χ1n) is 7.29. The molecule has 0 rings (SSSR count). The standard InChI is InChI=1S/C11H23NO3.2C2H6/c1-11(2)10-15-9-8-14-7-6-13-5-4-12-3;2*1-2/h12H,1,4-10H2,2-3H3;2*1-2H3.